The van der Waals surface area contributed by atoms with E-state index < -0.39 is 0 Å². The molecule has 80 valence electrons. The zero-order valence-electron chi connectivity index (χ0n) is 9.06. The molecule has 1 aromatic rings. The van der Waals surface area contributed by atoms with E-state index in [1.54, 1.807) is 0 Å². The number of nitrogens with zero attached hydrogens (tertiary/aromatic N) is 2. The van der Waals surface area contributed by atoms with E-state index in [2.05, 4.69) is 5.10 Å². The summed E-state index contributed by atoms with van der Waals surface area (Å²) in [6.07, 6.45) is 3.70. The predicted octanol–water partition coefficient (Wildman–Crippen LogP) is 1.59. The van der Waals surface area contributed by atoms with Gasteiger partial charge >= 0.3 is 0 Å². The standard InChI is InChI=1S/C8H12N2O2.C2H6/c1-7-4-9-10(5-7)6-8-11-2-3-12-8;1-2/h4-5,8H,2-3,6H2,1H3;1-2H3. The predicted molar refractivity (Wildman–Crippen MR) is 54.0 cm³/mol. The van der Waals surface area contributed by atoms with Crippen LogP contribution in [-0.2, 0) is 16.0 Å². The second kappa shape index (κ2) is 5.78. The molecule has 4 heteroatoms. The number of ether oxygens (including phenoxy) is 2. The van der Waals surface area contributed by atoms with Gasteiger partial charge in [0.1, 0.15) is 0 Å². The van der Waals surface area contributed by atoms with Crippen LogP contribution in [0.4, 0.5) is 0 Å². The van der Waals surface area contributed by atoms with Crippen molar-refractivity contribution in [2.75, 3.05) is 13.2 Å². The Balaban J connectivity index is 0.000000461. The molecule has 0 N–H and O–H groups in total. The monoisotopic (exact) mass is 198 g/mol. The zero-order valence-corrected chi connectivity index (χ0v) is 9.06. The molecule has 0 aliphatic carbocycles. The van der Waals surface area contributed by atoms with Crippen molar-refractivity contribution in [3.63, 3.8) is 0 Å². The van der Waals surface area contributed by atoms with Gasteiger partial charge in [-0.3, -0.25) is 4.68 Å². The van der Waals surface area contributed by atoms with Crippen LogP contribution in [-0.4, -0.2) is 29.3 Å². The Hall–Kier alpha value is -0.870. The van der Waals surface area contributed by atoms with Crippen molar-refractivity contribution < 1.29 is 9.47 Å². The third kappa shape index (κ3) is 3.12. The van der Waals surface area contributed by atoms with E-state index in [1.807, 2.05) is 37.8 Å². The SMILES string of the molecule is CC.Cc1cnn(CC2OCCO2)c1. The summed E-state index contributed by atoms with van der Waals surface area (Å²) in [5.74, 6) is 0. The van der Waals surface area contributed by atoms with Crippen LogP contribution in [0, 0.1) is 6.92 Å². The fraction of sp³-hybridized carbons (Fsp3) is 0.700. The molecular formula is C10H18N2O2. The van der Waals surface area contributed by atoms with E-state index in [4.69, 9.17) is 9.47 Å². The molecule has 0 saturated carbocycles. The van der Waals surface area contributed by atoms with E-state index in [0.717, 1.165) is 5.56 Å². The number of aromatic nitrogens is 2. The van der Waals surface area contributed by atoms with E-state index in [1.165, 1.54) is 0 Å². The van der Waals surface area contributed by atoms with E-state index in [0.29, 0.717) is 19.8 Å². The van der Waals surface area contributed by atoms with Gasteiger partial charge in [0.05, 0.1) is 26.0 Å². The summed E-state index contributed by atoms with van der Waals surface area (Å²) < 4.78 is 12.4. The third-order valence-corrected chi connectivity index (χ3v) is 1.79. The maximum atomic E-state index is 5.28. The average Bonchev–Trinajstić information content (AvgIpc) is 2.82. The van der Waals surface area contributed by atoms with Gasteiger partial charge in [0.2, 0.25) is 0 Å². The number of aryl methyl sites for hydroxylation is 1. The van der Waals surface area contributed by atoms with Crippen molar-refractivity contribution in [3.05, 3.63) is 18.0 Å². The van der Waals surface area contributed by atoms with Crippen LogP contribution >= 0.6 is 0 Å². The van der Waals surface area contributed by atoms with Crippen molar-refractivity contribution in [1.82, 2.24) is 9.78 Å². The number of hydrogen-bond acceptors (Lipinski definition) is 3. The Labute approximate surface area is 84.8 Å². The van der Waals surface area contributed by atoms with Crippen molar-refractivity contribution in [2.24, 2.45) is 0 Å². The highest BCUT2D eigenvalue weighted by atomic mass is 16.7. The van der Waals surface area contributed by atoms with Crippen LogP contribution in [0.25, 0.3) is 0 Å². The quantitative estimate of drug-likeness (QED) is 0.724. The van der Waals surface area contributed by atoms with E-state index in [-0.39, 0.29) is 6.29 Å². The first kappa shape index (κ1) is 11.2. The van der Waals surface area contributed by atoms with Crippen LogP contribution in [0.1, 0.15) is 19.4 Å². The maximum absolute atomic E-state index is 5.28. The van der Waals surface area contributed by atoms with Gasteiger partial charge in [-0.1, -0.05) is 13.8 Å². The molecule has 0 bridgehead atoms. The molecule has 0 radical (unpaired) electrons. The first-order valence-corrected chi connectivity index (χ1v) is 5.07. The molecule has 4 nitrogen and oxygen atoms in total. The van der Waals surface area contributed by atoms with Crippen molar-refractivity contribution >= 4 is 0 Å². The molecule has 14 heavy (non-hydrogen) atoms. The van der Waals surface area contributed by atoms with Gasteiger partial charge in [0.15, 0.2) is 6.29 Å². The molecule has 1 fully saturated rings. The van der Waals surface area contributed by atoms with Crippen molar-refractivity contribution in [3.8, 4) is 0 Å². The fourth-order valence-electron chi connectivity index (χ4n) is 1.23. The topological polar surface area (TPSA) is 36.3 Å². The van der Waals surface area contributed by atoms with E-state index in [9.17, 15) is 0 Å². The normalized spacial score (nSPS) is 16.5. The minimum Gasteiger partial charge on any atom is -0.348 e. The smallest absolute Gasteiger partial charge is 0.177 e. The first-order chi connectivity index (χ1) is 6.84. The Morgan fingerprint density at radius 3 is 2.57 bits per heavy atom. The van der Waals surface area contributed by atoms with Crippen molar-refractivity contribution in [1.29, 1.82) is 0 Å². The molecule has 1 aliphatic heterocycles. The molecule has 0 unspecified atom stereocenters. The molecule has 0 amide bonds. The average molecular weight is 198 g/mol. The summed E-state index contributed by atoms with van der Waals surface area (Å²) in [7, 11) is 0. The van der Waals surface area contributed by atoms with Gasteiger partial charge in [0, 0.05) is 6.20 Å². The summed E-state index contributed by atoms with van der Waals surface area (Å²) in [5, 5.41) is 4.14. The molecule has 2 rings (SSSR count). The largest absolute Gasteiger partial charge is 0.348 e. The lowest BCUT2D eigenvalue weighted by atomic mass is 10.4. The number of hydrogen-bond donors (Lipinski definition) is 0. The Morgan fingerprint density at radius 1 is 1.43 bits per heavy atom. The Morgan fingerprint density at radius 2 is 2.07 bits per heavy atom. The Bertz CT molecular complexity index is 254. The minimum absolute atomic E-state index is 0.107. The van der Waals surface area contributed by atoms with E-state index >= 15 is 0 Å². The summed E-state index contributed by atoms with van der Waals surface area (Å²) >= 11 is 0. The minimum atomic E-state index is -0.107. The van der Waals surface area contributed by atoms with Crippen LogP contribution in [0.3, 0.4) is 0 Å². The molecule has 1 aromatic heterocycles. The highest BCUT2D eigenvalue weighted by Crippen LogP contribution is 2.06. The van der Waals surface area contributed by atoms with Crippen molar-refractivity contribution in [2.45, 2.75) is 33.6 Å². The fourth-order valence-corrected chi connectivity index (χ4v) is 1.23. The van der Waals surface area contributed by atoms with Crippen LogP contribution < -0.4 is 0 Å². The second-order valence-corrected chi connectivity index (χ2v) is 2.91. The number of rotatable bonds is 2. The van der Waals surface area contributed by atoms with Crippen LogP contribution in [0.2, 0.25) is 0 Å². The molecule has 0 aromatic carbocycles. The summed E-state index contributed by atoms with van der Waals surface area (Å²) in [6.45, 7) is 8.10. The molecule has 1 saturated heterocycles. The molecule has 2 heterocycles. The lowest BCUT2D eigenvalue weighted by Crippen LogP contribution is -2.16. The van der Waals surface area contributed by atoms with Gasteiger partial charge in [-0.25, -0.2) is 0 Å². The van der Waals surface area contributed by atoms with Gasteiger partial charge in [-0.15, -0.1) is 0 Å². The highest BCUT2D eigenvalue weighted by Gasteiger charge is 2.16. The second-order valence-electron chi connectivity index (χ2n) is 2.91. The van der Waals surface area contributed by atoms with Crippen LogP contribution in [0.15, 0.2) is 12.4 Å². The molecule has 0 atom stereocenters. The van der Waals surface area contributed by atoms with Gasteiger partial charge in [-0.2, -0.15) is 5.10 Å². The summed E-state index contributed by atoms with van der Waals surface area (Å²) in [5.41, 5.74) is 1.16. The molecule has 1 aliphatic rings. The van der Waals surface area contributed by atoms with Gasteiger partial charge in [-0.05, 0) is 12.5 Å². The Kier molecular flexibility index (Phi) is 4.62. The molecule has 0 spiro atoms. The zero-order chi connectivity index (χ0) is 10.4. The third-order valence-electron chi connectivity index (χ3n) is 1.79. The lowest BCUT2D eigenvalue weighted by Gasteiger charge is -2.07. The van der Waals surface area contributed by atoms with Gasteiger partial charge < -0.3 is 9.47 Å². The first-order valence-electron chi connectivity index (χ1n) is 5.07. The lowest BCUT2D eigenvalue weighted by molar-refractivity contribution is -0.0545. The van der Waals surface area contributed by atoms with Gasteiger partial charge in [0.25, 0.3) is 0 Å². The van der Waals surface area contributed by atoms with Crippen LogP contribution in [0.5, 0.6) is 0 Å². The summed E-state index contributed by atoms with van der Waals surface area (Å²) in [4.78, 5) is 0. The summed E-state index contributed by atoms with van der Waals surface area (Å²) in [6, 6.07) is 0. The maximum Gasteiger partial charge on any atom is 0.177 e. The highest BCUT2D eigenvalue weighted by molar-refractivity contribution is 4.99. The molecular weight excluding hydrogens is 180 g/mol.